The lowest BCUT2D eigenvalue weighted by atomic mass is 10.3. The van der Waals surface area contributed by atoms with Gasteiger partial charge in [-0.3, -0.25) is 0 Å². The van der Waals surface area contributed by atoms with Crippen molar-refractivity contribution < 1.29 is 9.90 Å². The molecule has 1 aliphatic rings. The van der Waals surface area contributed by atoms with Crippen LogP contribution in [0.1, 0.15) is 23.3 Å². The maximum atomic E-state index is 11.1. The molecule has 1 aliphatic carbocycles. The van der Waals surface area contributed by atoms with E-state index in [-0.39, 0.29) is 5.69 Å². The maximum Gasteiger partial charge on any atom is 0.356 e. The third-order valence-electron chi connectivity index (χ3n) is 3.37. The van der Waals surface area contributed by atoms with Crippen LogP contribution in [-0.4, -0.2) is 33.9 Å². The average Bonchev–Trinajstić information content (AvgIpc) is 3.17. The Hall–Kier alpha value is -2.30. The minimum atomic E-state index is -1.000. The van der Waals surface area contributed by atoms with Crippen LogP contribution >= 0.6 is 0 Å². The van der Waals surface area contributed by atoms with Gasteiger partial charge in [0.15, 0.2) is 5.69 Å². The number of nitrogens with zero attached hydrogens (tertiary/aromatic N) is 3. The summed E-state index contributed by atoms with van der Waals surface area (Å²) in [6, 6.07) is 11.7. The Morgan fingerprint density at radius 2 is 2.05 bits per heavy atom. The van der Waals surface area contributed by atoms with Crippen molar-refractivity contribution in [1.82, 2.24) is 9.78 Å². The summed E-state index contributed by atoms with van der Waals surface area (Å²) in [5.74, 6) is -0.175. The number of para-hydroxylation sites is 1. The molecular formula is C14H15N3O2. The zero-order valence-corrected chi connectivity index (χ0v) is 10.7. The number of carboxylic acids is 1. The Bertz CT molecular complexity index is 602. The van der Waals surface area contributed by atoms with Gasteiger partial charge in [-0.2, -0.15) is 5.10 Å². The van der Waals surface area contributed by atoms with Crippen LogP contribution in [0.4, 0.5) is 5.82 Å². The number of anilines is 1. The van der Waals surface area contributed by atoms with Gasteiger partial charge in [-0.25, -0.2) is 9.48 Å². The third kappa shape index (κ3) is 2.19. The van der Waals surface area contributed by atoms with Crippen molar-refractivity contribution in [2.75, 3.05) is 11.9 Å². The number of carboxylic acid groups (broad SMARTS) is 1. The highest BCUT2D eigenvalue weighted by molar-refractivity contribution is 5.86. The first kappa shape index (κ1) is 11.8. The van der Waals surface area contributed by atoms with E-state index < -0.39 is 5.97 Å². The van der Waals surface area contributed by atoms with E-state index in [1.807, 2.05) is 37.4 Å². The Morgan fingerprint density at radius 1 is 1.37 bits per heavy atom. The van der Waals surface area contributed by atoms with Crippen LogP contribution in [0.3, 0.4) is 0 Å². The van der Waals surface area contributed by atoms with E-state index >= 15 is 0 Å². The lowest BCUT2D eigenvalue weighted by Crippen LogP contribution is -2.22. The number of rotatable bonds is 4. The topological polar surface area (TPSA) is 58.4 Å². The fourth-order valence-electron chi connectivity index (χ4n) is 2.14. The molecule has 1 saturated carbocycles. The molecule has 2 aromatic rings. The van der Waals surface area contributed by atoms with Gasteiger partial charge in [0, 0.05) is 19.2 Å². The van der Waals surface area contributed by atoms with E-state index in [2.05, 4.69) is 10.00 Å². The van der Waals surface area contributed by atoms with Gasteiger partial charge in [-0.1, -0.05) is 18.2 Å². The molecule has 1 aromatic carbocycles. The Balaban J connectivity index is 2.08. The quantitative estimate of drug-likeness (QED) is 0.912. The summed E-state index contributed by atoms with van der Waals surface area (Å²) < 4.78 is 1.70. The van der Waals surface area contributed by atoms with E-state index in [1.54, 1.807) is 10.7 Å². The first-order valence-electron chi connectivity index (χ1n) is 6.28. The zero-order valence-electron chi connectivity index (χ0n) is 10.7. The highest BCUT2D eigenvalue weighted by Crippen LogP contribution is 2.31. The monoisotopic (exact) mass is 257 g/mol. The second kappa shape index (κ2) is 4.42. The van der Waals surface area contributed by atoms with Crippen LogP contribution in [0, 0.1) is 0 Å². The summed E-state index contributed by atoms with van der Waals surface area (Å²) in [7, 11) is 1.99. The van der Waals surface area contributed by atoms with Crippen molar-refractivity contribution >= 4 is 11.8 Å². The number of hydrogen-bond donors (Lipinski definition) is 1. The molecule has 1 aromatic heterocycles. The lowest BCUT2D eigenvalue weighted by molar-refractivity contribution is 0.0690. The van der Waals surface area contributed by atoms with Gasteiger partial charge in [0.05, 0.1) is 5.69 Å². The molecule has 0 bridgehead atoms. The summed E-state index contributed by atoms with van der Waals surface area (Å²) in [5, 5.41) is 13.3. The molecule has 1 N–H and O–H groups in total. The van der Waals surface area contributed by atoms with Crippen LogP contribution in [-0.2, 0) is 0 Å². The van der Waals surface area contributed by atoms with Gasteiger partial charge in [-0.05, 0) is 25.0 Å². The standard InChI is InChI=1S/C14H15N3O2/c1-16(10-7-8-10)13-9-12(14(18)19)15-17(13)11-5-3-2-4-6-11/h2-6,9-10H,7-8H2,1H3,(H,18,19). The lowest BCUT2D eigenvalue weighted by Gasteiger charge is -2.19. The summed E-state index contributed by atoms with van der Waals surface area (Å²) in [6.45, 7) is 0. The molecule has 98 valence electrons. The zero-order chi connectivity index (χ0) is 13.4. The van der Waals surface area contributed by atoms with E-state index in [9.17, 15) is 4.79 Å². The summed E-state index contributed by atoms with van der Waals surface area (Å²) >= 11 is 0. The second-order valence-electron chi connectivity index (χ2n) is 4.78. The fraction of sp³-hybridized carbons (Fsp3) is 0.286. The summed E-state index contributed by atoms with van der Waals surface area (Å²) in [5.41, 5.74) is 0.948. The van der Waals surface area contributed by atoms with Gasteiger partial charge < -0.3 is 10.0 Å². The molecule has 0 radical (unpaired) electrons. The van der Waals surface area contributed by atoms with Gasteiger partial charge in [0.1, 0.15) is 5.82 Å². The van der Waals surface area contributed by atoms with Crippen LogP contribution in [0.15, 0.2) is 36.4 Å². The van der Waals surface area contributed by atoms with Gasteiger partial charge >= 0.3 is 5.97 Å². The minimum absolute atomic E-state index is 0.0753. The molecule has 0 unspecified atom stereocenters. The van der Waals surface area contributed by atoms with Crippen LogP contribution in [0.2, 0.25) is 0 Å². The van der Waals surface area contributed by atoms with Gasteiger partial charge in [0.2, 0.25) is 0 Å². The highest BCUT2D eigenvalue weighted by Gasteiger charge is 2.29. The first-order chi connectivity index (χ1) is 9.16. The fourth-order valence-corrected chi connectivity index (χ4v) is 2.14. The molecule has 1 heterocycles. The largest absolute Gasteiger partial charge is 0.476 e. The molecular weight excluding hydrogens is 242 g/mol. The Kier molecular flexibility index (Phi) is 2.74. The highest BCUT2D eigenvalue weighted by atomic mass is 16.4. The van der Waals surface area contributed by atoms with Crippen molar-refractivity contribution in [2.24, 2.45) is 0 Å². The van der Waals surface area contributed by atoms with E-state index in [1.165, 1.54) is 0 Å². The van der Waals surface area contributed by atoms with Gasteiger partial charge in [-0.15, -0.1) is 0 Å². The summed E-state index contributed by atoms with van der Waals surface area (Å²) in [4.78, 5) is 13.2. The van der Waals surface area contributed by atoms with Crippen molar-refractivity contribution in [3.05, 3.63) is 42.1 Å². The van der Waals surface area contributed by atoms with E-state index in [4.69, 9.17) is 5.11 Å². The normalized spacial score (nSPS) is 14.4. The second-order valence-corrected chi connectivity index (χ2v) is 4.78. The number of hydrogen-bond acceptors (Lipinski definition) is 3. The molecule has 0 saturated heterocycles. The average molecular weight is 257 g/mol. The van der Waals surface area contributed by atoms with Crippen molar-refractivity contribution in [2.45, 2.75) is 18.9 Å². The summed E-state index contributed by atoms with van der Waals surface area (Å²) in [6.07, 6.45) is 2.30. The Labute approximate surface area is 111 Å². The Morgan fingerprint density at radius 3 is 2.63 bits per heavy atom. The third-order valence-corrected chi connectivity index (χ3v) is 3.37. The van der Waals surface area contributed by atoms with Crippen LogP contribution < -0.4 is 4.90 Å². The molecule has 0 aliphatic heterocycles. The number of carbonyl (C=O) groups is 1. The van der Waals surface area contributed by atoms with Crippen LogP contribution in [0.5, 0.6) is 0 Å². The molecule has 1 fully saturated rings. The van der Waals surface area contributed by atoms with E-state index in [0.717, 1.165) is 24.3 Å². The number of aromatic nitrogens is 2. The molecule has 0 amide bonds. The molecule has 3 rings (SSSR count). The molecule has 5 nitrogen and oxygen atoms in total. The van der Waals surface area contributed by atoms with Crippen molar-refractivity contribution in [3.63, 3.8) is 0 Å². The molecule has 19 heavy (non-hydrogen) atoms. The molecule has 5 heteroatoms. The predicted octanol–water partition coefficient (Wildman–Crippen LogP) is 2.17. The molecule has 0 spiro atoms. The van der Waals surface area contributed by atoms with Crippen molar-refractivity contribution in [3.8, 4) is 5.69 Å². The maximum absolute atomic E-state index is 11.1. The smallest absolute Gasteiger partial charge is 0.356 e. The number of aromatic carboxylic acids is 1. The van der Waals surface area contributed by atoms with Crippen molar-refractivity contribution in [1.29, 1.82) is 0 Å². The predicted molar refractivity (Wildman–Crippen MR) is 71.9 cm³/mol. The SMILES string of the molecule is CN(c1cc(C(=O)O)nn1-c1ccccc1)C1CC1. The number of benzene rings is 1. The van der Waals surface area contributed by atoms with E-state index in [0.29, 0.717) is 6.04 Å². The first-order valence-corrected chi connectivity index (χ1v) is 6.28. The molecule has 0 atom stereocenters. The van der Waals surface area contributed by atoms with Crippen LogP contribution in [0.25, 0.3) is 5.69 Å². The van der Waals surface area contributed by atoms with Gasteiger partial charge in [0.25, 0.3) is 0 Å². The minimum Gasteiger partial charge on any atom is -0.476 e.